The Balaban J connectivity index is 1.09. The van der Waals surface area contributed by atoms with E-state index in [1.54, 1.807) is 36.7 Å². The van der Waals surface area contributed by atoms with Crippen molar-refractivity contribution in [1.82, 2.24) is 25.5 Å². The third kappa shape index (κ3) is 5.47. The first-order chi connectivity index (χ1) is 19.8. The van der Waals surface area contributed by atoms with Crippen molar-refractivity contribution in [2.45, 2.75) is 34.5 Å². The molecule has 0 bridgehead atoms. The highest BCUT2D eigenvalue weighted by Gasteiger charge is 2.49. The van der Waals surface area contributed by atoms with Gasteiger partial charge in [0, 0.05) is 41.0 Å². The minimum absolute atomic E-state index is 0.0981. The Hall–Kier alpha value is -4.45. The Kier molecular flexibility index (Phi) is 7.08. The molecular formula is C29H25F2N5O4S. The van der Waals surface area contributed by atoms with E-state index in [-0.39, 0.29) is 12.1 Å². The van der Waals surface area contributed by atoms with Gasteiger partial charge in [-0.3, -0.25) is 19.4 Å². The van der Waals surface area contributed by atoms with Crippen molar-refractivity contribution in [2.24, 2.45) is 0 Å². The molecule has 3 amide bonds. The van der Waals surface area contributed by atoms with Crippen molar-refractivity contribution >= 4 is 40.4 Å². The first kappa shape index (κ1) is 26.8. The molecule has 0 aliphatic carbocycles. The lowest BCUT2D eigenvalue weighted by atomic mass is 10.0. The van der Waals surface area contributed by atoms with Gasteiger partial charge in [0.15, 0.2) is 5.67 Å². The third-order valence-electron chi connectivity index (χ3n) is 7.08. The number of para-hydroxylation sites is 1. The van der Waals surface area contributed by atoms with E-state index in [0.29, 0.717) is 17.2 Å². The van der Waals surface area contributed by atoms with Crippen LogP contribution in [0.4, 0.5) is 8.78 Å². The lowest BCUT2D eigenvalue weighted by Crippen LogP contribution is -2.49. The van der Waals surface area contributed by atoms with Gasteiger partial charge in [-0.25, -0.2) is 8.78 Å². The van der Waals surface area contributed by atoms with Gasteiger partial charge in [-0.2, -0.15) is 0 Å². The zero-order valence-electron chi connectivity index (χ0n) is 21.7. The van der Waals surface area contributed by atoms with Crippen LogP contribution in [0.1, 0.15) is 22.5 Å². The molecule has 6 rings (SSSR count). The molecule has 2 aromatic heterocycles. The molecule has 41 heavy (non-hydrogen) atoms. The molecule has 210 valence electrons. The van der Waals surface area contributed by atoms with Crippen LogP contribution in [0, 0.1) is 0 Å². The quantitative estimate of drug-likeness (QED) is 0.268. The standard InChI is InChI=1S/C29H25F2N5O4S/c30-15-29(31)11-21(28(39)33-13-19-9-18-12-32-8-7-20(18)35-19)36(16-29)26(37)14-34-27(38)17-5-6-25-23(10-17)40-22-3-1-2-4-24(22)41-25/h1-10,12,21,35H,11,13-16H2,(H,33,39)(H,34,38)/t21?,29-/m0/s1. The van der Waals surface area contributed by atoms with Crippen LogP contribution in [0.5, 0.6) is 11.5 Å². The number of rotatable bonds is 7. The van der Waals surface area contributed by atoms with E-state index in [0.717, 1.165) is 25.6 Å². The summed E-state index contributed by atoms with van der Waals surface area (Å²) in [6.07, 6.45) is 2.83. The molecular weight excluding hydrogens is 552 g/mol. The van der Waals surface area contributed by atoms with Gasteiger partial charge in [-0.05, 0) is 42.5 Å². The number of ether oxygens (including phenoxy) is 1. The molecule has 12 heteroatoms. The summed E-state index contributed by atoms with van der Waals surface area (Å²) < 4.78 is 34.5. The lowest BCUT2D eigenvalue weighted by molar-refractivity contribution is -0.137. The highest BCUT2D eigenvalue weighted by Crippen LogP contribution is 2.46. The number of H-pyrrole nitrogens is 1. The molecule has 1 unspecified atom stereocenters. The first-order valence-corrected chi connectivity index (χ1v) is 13.7. The van der Waals surface area contributed by atoms with Crippen molar-refractivity contribution < 1.29 is 27.9 Å². The Bertz CT molecular complexity index is 1630. The van der Waals surface area contributed by atoms with Gasteiger partial charge in [0.1, 0.15) is 24.2 Å². The fourth-order valence-electron chi connectivity index (χ4n) is 4.99. The van der Waals surface area contributed by atoms with Gasteiger partial charge < -0.3 is 25.3 Å². The average molecular weight is 578 g/mol. The molecule has 0 spiro atoms. The predicted molar refractivity (Wildman–Crippen MR) is 147 cm³/mol. The smallest absolute Gasteiger partial charge is 0.251 e. The number of alkyl halides is 2. The number of fused-ring (bicyclic) bond motifs is 3. The van der Waals surface area contributed by atoms with Crippen LogP contribution in [-0.2, 0) is 16.1 Å². The fourth-order valence-corrected chi connectivity index (χ4v) is 5.92. The third-order valence-corrected chi connectivity index (χ3v) is 8.19. The van der Waals surface area contributed by atoms with E-state index in [2.05, 4.69) is 20.6 Å². The fraction of sp³-hybridized carbons (Fsp3) is 0.241. The minimum Gasteiger partial charge on any atom is -0.455 e. The van der Waals surface area contributed by atoms with Gasteiger partial charge in [-0.1, -0.05) is 23.9 Å². The van der Waals surface area contributed by atoms with Crippen molar-refractivity contribution in [2.75, 3.05) is 19.8 Å². The molecule has 4 aromatic rings. The van der Waals surface area contributed by atoms with E-state index >= 15 is 4.39 Å². The van der Waals surface area contributed by atoms with Crippen LogP contribution in [0.15, 0.2) is 76.8 Å². The van der Waals surface area contributed by atoms with Crippen LogP contribution in [-0.4, -0.2) is 64.1 Å². The Morgan fingerprint density at radius 3 is 2.76 bits per heavy atom. The highest BCUT2D eigenvalue weighted by atomic mass is 32.2. The monoisotopic (exact) mass is 577 g/mol. The maximum atomic E-state index is 15.0. The Morgan fingerprint density at radius 2 is 1.93 bits per heavy atom. The topological polar surface area (TPSA) is 116 Å². The number of aromatic nitrogens is 2. The normalized spacial score (nSPS) is 19.3. The summed E-state index contributed by atoms with van der Waals surface area (Å²) in [7, 11) is 0. The summed E-state index contributed by atoms with van der Waals surface area (Å²) in [5, 5.41) is 6.09. The molecule has 3 N–H and O–H groups in total. The predicted octanol–water partition coefficient (Wildman–Crippen LogP) is 4.14. The minimum atomic E-state index is -2.35. The summed E-state index contributed by atoms with van der Waals surface area (Å²) in [6, 6.07) is 14.9. The number of nitrogens with zero attached hydrogens (tertiary/aromatic N) is 2. The van der Waals surface area contributed by atoms with E-state index in [9.17, 15) is 18.8 Å². The summed E-state index contributed by atoms with van der Waals surface area (Å²) in [6.45, 7) is -2.31. The lowest BCUT2D eigenvalue weighted by Gasteiger charge is -2.24. The number of hydrogen-bond donors (Lipinski definition) is 3. The number of carbonyl (C=O) groups excluding carboxylic acids is 3. The van der Waals surface area contributed by atoms with E-state index < -0.39 is 55.6 Å². The van der Waals surface area contributed by atoms with Crippen LogP contribution in [0.3, 0.4) is 0 Å². The number of nitrogens with one attached hydrogen (secondary N) is 3. The largest absolute Gasteiger partial charge is 0.455 e. The average Bonchev–Trinajstić information content (AvgIpc) is 3.58. The van der Waals surface area contributed by atoms with Gasteiger partial charge in [0.25, 0.3) is 5.91 Å². The second-order valence-electron chi connectivity index (χ2n) is 10.00. The highest BCUT2D eigenvalue weighted by molar-refractivity contribution is 7.99. The Morgan fingerprint density at radius 1 is 1.10 bits per heavy atom. The van der Waals surface area contributed by atoms with Gasteiger partial charge in [0.2, 0.25) is 11.8 Å². The number of benzene rings is 2. The zero-order valence-corrected chi connectivity index (χ0v) is 22.5. The number of halogens is 2. The zero-order chi connectivity index (χ0) is 28.6. The molecule has 2 aliphatic rings. The van der Waals surface area contributed by atoms with Gasteiger partial charge in [-0.15, -0.1) is 0 Å². The van der Waals surface area contributed by atoms with Crippen molar-refractivity contribution in [1.29, 1.82) is 0 Å². The number of carbonyl (C=O) groups is 3. The van der Waals surface area contributed by atoms with Crippen molar-refractivity contribution in [3.05, 3.63) is 78.2 Å². The Labute approximate surface area is 237 Å². The van der Waals surface area contributed by atoms with Crippen molar-refractivity contribution in [3.8, 4) is 11.5 Å². The summed E-state index contributed by atoms with van der Waals surface area (Å²) >= 11 is 1.52. The van der Waals surface area contributed by atoms with Crippen LogP contribution in [0.2, 0.25) is 0 Å². The molecule has 0 saturated carbocycles. The number of pyridine rings is 1. The van der Waals surface area contributed by atoms with Crippen LogP contribution < -0.4 is 15.4 Å². The summed E-state index contributed by atoms with van der Waals surface area (Å²) in [4.78, 5) is 48.9. The maximum absolute atomic E-state index is 15.0. The molecule has 1 fully saturated rings. The van der Waals surface area contributed by atoms with Crippen molar-refractivity contribution in [3.63, 3.8) is 0 Å². The molecule has 2 atom stereocenters. The van der Waals surface area contributed by atoms with E-state index in [4.69, 9.17) is 4.74 Å². The molecule has 9 nitrogen and oxygen atoms in total. The number of hydrogen-bond acceptors (Lipinski definition) is 6. The molecule has 4 heterocycles. The summed E-state index contributed by atoms with van der Waals surface area (Å²) in [5.41, 5.74) is -0.549. The van der Waals surface area contributed by atoms with E-state index in [1.165, 1.54) is 11.8 Å². The van der Waals surface area contributed by atoms with Gasteiger partial charge in [0.05, 0.1) is 29.4 Å². The second kappa shape index (κ2) is 10.8. The second-order valence-corrected chi connectivity index (χ2v) is 11.1. The number of likely N-dealkylation sites (tertiary alicyclic amines) is 1. The van der Waals surface area contributed by atoms with Crippen LogP contribution in [0.25, 0.3) is 10.9 Å². The molecule has 1 saturated heterocycles. The van der Waals surface area contributed by atoms with E-state index in [1.807, 2.05) is 30.3 Å². The molecule has 0 radical (unpaired) electrons. The molecule has 2 aromatic carbocycles. The first-order valence-electron chi connectivity index (χ1n) is 12.9. The number of amides is 3. The SMILES string of the molecule is O=C(NCC(=O)N1C[C@@](F)(CF)CC1C(=O)NCc1cc2cnccc2[nH]1)c1ccc2c(c1)Oc1ccccc1S2. The van der Waals surface area contributed by atoms with Crippen LogP contribution >= 0.6 is 11.8 Å². The van der Waals surface area contributed by atoms with Gasteiger partial charge >= 0.3 is 0 Å². The summed E-state index contributed by atoms with van der Waals surface area (Å²) in [5.74, 6) is -0.652. The number of aromatic amines is 1. The molecule has 2 aliphatic heterocycles. The maximum Gasteiger partial charge on any atom is 0.251 e.